The van der Waals surface area contributed by atoms with Crippen LogP contribution in [0, 0.1) is 13.8 Å². The molecule has 0 amide bonds. The Balaban J connectivity index is 2.49. The number of carbonyl (C=O) groups excluding carboxylic acids is 2. The lowest BCUT2D eigenvalue weighted by Gasteiger charge is -2.27. The smallest absolute Gasteiger partial charge is 0.211 e. The van der Waals surface area contributed by atoms with Gasteiger partial charge >= 0.3 is 0 Å². The maximum atomic E-state index is 10.4. The van der Waals surface area contributed by atoms with Crippen LogP contribution in [0.5, 0.6) is 0 Å². The Labute approximate surface area is 135 Å². The van der Waals surface area contributed by atoms with E-state index in [2.05, 4.69) is 23.8 Å². The molecule has 0 heterocycles. The largest absolute Gasteiger partial charge is 0.240 e. The predicted octanol–water partition coefficient (Wildman–Crippen LogP) is 4.56. The van der Waals surface area contributed by atoms with E-state index in [1.807, 2.05) is 50.2 Å². The highest BCUT2D eigenvalue weighted by molar-refractivity contribution is 5.58. The van der Waals surface area contributed by atoms with Crippen molar-refractivity contribution in [3.05, 3.63) is 58.7 Å². The molecule has 0 N–H and O–H groups in total. The van der Waals surface area contributed by atoms with Gasteiger partial charge in [-0.3, -0.25) is 0 Å². The average Bonchev–Trinajstić information content (AvgIpc) is 2.51. The maximum Gasteiger partial charge on any atom is 0.240 e. The fourth-order valence-electron chi connectivity index (χ4n) is 2.60. The molecule has 0 saturated carbocycles. The molecular formula is C19H18N2O2. The van der Waals surface area contributed by atoms with Crippen LogP contribution < -0.4 is 0 Å². The Kier molecular flexibility index (Phi) is 4.71. The van der Waals surface area contributed by atoms with Gasteiger partial charge in [0, 0.05) is 5.41 Å². The number of nitrogens with zero attached hydrogens (tertiary/aromatic N) is 2. The van der Waals surface area contributed by atoms with E-state index in [-0.39, 0.29) is 5.41 Å². The molecule has 2 aromatic rings. The predicted molar refractivity (Wildman–Crippen MR) is 90.0 cm³/mol. The number of aryl methyl sites for hydroxylation is 2. The third-order valence-electron chi connectivity index (χ3n) is 4.17. The molecule has 0 atom stereocenters. The number of benzene rings is 2. The number of rotatable bonds is 4. The van der Waals surface area contributed by atoms with Gasteiger partial charge in [0.15, 0.2) is 0 Å². The second-order valence-corrected chi connectivity index (χ2v) is 6.03. The van der Waals surface area contributed by atoms with Gasteiger partial charge in [0.2, 0.25) is 12.2 Å². The highest BCUT2D eigenvalue weighted by atomic mass is 16.1. The minimum absolute atomic E-state index is 0.234. The molecule has 0 aliphatic heterocycles. The van der Waals surface area contributed by atoms with E-state index in [1.165, 1.54) is 0 Å². The number of hydrogen-bond acceptors (Lipinski definition) is 4. The van der Waals surface area contributed by atoms with E-state index >= 15 is 0 Å². The summed E-state index contributed by atoms with van der Waals surface area (Å²) in [6.45, 7) is 8.09. The van der Waals surface area contributed by atoms with Crippen molar-refractivity contribution in [2.75, 3.05) is 0 Å². The van der Waals surface area contributed by atoms with Gasteiger partial charge in [0.25, 0.3) is 0 Å². The number of aliphatic imine (C=N–C) groups is 2. The Morgan fingerprint density at radius 1 is 0.783 bits per heavy atom. The van der Waals surface area contributed by atoms with Crippen molar-refractivity contribution in [2.45, 2.75) is 33.1 Å². The molecule has 0 fully saturated rings. The van der Waals surface area contributed by atoms with Gasteiger partial charge in [0.05, 0.1) is 11.4 Å². The molecule has 4 nitrogen and oxygen atoms in total. The van der Waals surface area contributed by atoms with Crippen molar-refractivity contribution in [2.24, 2.45) is 9.98 Å². The SMILES string of the molecule is Cc1cc(C(C)(C)c2ccc(N=C=O)c(C)c2)ccc1N=C=O. The van der Waals surface area contributed by atoms with Crippen LogP contribution in [0.3, 0.4) is 0 Å². The lowest BCUT2D eigenvalue weighted by molar-refractivity contribution is 0.564. The first-order valence-electron chi connectivity index (χ1n) is 7.28. The molecule has 0 bridgehead atoms. The molecule has 0 radical (unpaired) electrons. The van der Waals surface area contributed by atoms with Crippen LogP contribution in [0.2, 0.25) is 0 Å². The minimum atomic E-state index is -0.234. The van der Waals surface area contributed by atoms with Gasteiger partial charge in [0.1, 0.15) is 0 Å². The fourth-order valence-corrected chi connectivity index (χ4v) is 2.60. The molecule has 0 spiro atoms. The summed E-state index contributed by atoms with van der Waals surface area (Å²) < 4.78 is 0. The molecule has 23 heavy (non-hydrogen) atoms. The van der Waals surface area contributed by atoms with Gasteiger partial charge in [-0.25, -0.2) is 9.59 Å². The van der Waals surface area contributed by atoms with Gasteiger partial charge in [-0.2, -0.15) is 9.98 Å². The summed E-state index contributed by atoms with van der Waals surface area (Å²) >= 11 is 0. The maximum absolute atomic E-state index is 10.4. The third kappa shape index (κ3) is 3.35. The number of isocyanates is 2. The minimum Gasteiger partial charge on any atom is -0.211 e. The fraction of sp³-hybridized carbons (Fsp3) is 0.263. The highest BCUT2D eigenvalue weighted by Crippen LogP contribution is 2.35. The Morgan fingerprint density at radius 2 is 1.17 bits per heavy atom. The van der Waals surface area contributed by atoms with Crippen molar-refractivity contribution in [3.63, 3.8) is 0 Å². The van der Waals surface area contributed by atoms with Crippen LogP contribution in [0.15, 0.2) is 46.4 Å². The molecule has 116 valence electrons. The van der Waals surface area contributed by atoms with Crippen LogP contribution in [0.4, 0.5) is 11.4 Å². The summed E-state index contributed by atoms with van der Waals surface area (Å²) in [5.74, 6) is 0. The monoisotopic (exact) mass is 306 g/mol. The number of hydrogen-bond donors (Lipinski definition) is 0. The summed E-state index contributed by atoms with van der Waals surface area (Å²) in [5.41, 5.74) is 5.12. The second kappa shape index (κ2) is 6.53. The average molecular weight is 306 g/mol. The van der Waals surface area contributed by atoms with Crippen LogP contribution in [0.25, 0.3) is 0 Å². The summed E-state index contributed by atoms with van der Waals surface area (Å²) in [6.07, 6.45) is 3.15. The second-order valence-electron chi connectivity index (χ2n) is 6.03. The van der Waals surface area contributed by atoms with E-state index < -0.39 is 0 Å². The van der Waals surface area contributed by atoms with Gasteiger partial charge in [-0.05, 0) is 48.2 Å². The van der Waals surface area contributed by atoms with Crippen LogP contribution in [-0.2, 0) is 15.0 Å². The van der Waals surface area contributed by atoms with Gasteiger partial charge in [-0.1, -0.05) is 38.1 Å². The topological polar surface area (TPSA) is 58.9 Å². The van der Waals surface area contributed by atoms with E-state index in [0.29, 0.717) is 11.4 Å². The lowest BCUT2D eigenvalue weighted by Crippen LogP contribution is -2.19. The van der Waals surface area contributed by atoms with Gasteiger partial charge in [-0.15, -0.1) is 0 Å². The van der Waals surface area contributed by atoms with Crippen molar-refractivity contribution >= 4 is 23.5 Å². The standard InChI is InChI=1S/C19H18N2O2/c1-13-9-15(5-7-17(13)20-11-22)19(3,4)16-6-8-18(21-12-23)14(2)10-16/h5-10H,1-4H3. The molecule has 4 heteroatoms. The molecular weight excluding hydrogens is 288 g/mol. The Hall–Kier alpha value is -2.80. The zero-order chi connectivity index (χ0) is 17.0. The third-order valence-corrected chi connectivity index (χ3v) is 4.17. The molecule has 0 aliphatic rings. The molecule has 2 rings (SSSR count). The Morgan fingerprint density at radius 3 is 1.48 bits per heavy atom. The van der Waals surface area contributed by atoms with E-state index in [1.54, 1.807) is 12.2 Å². The summed E-state index contributed by atoms with van der Waals surface area (Å²) in [6, 6.07) is 11.7. The zero-order valence-corrected chi connectivity index (χ0v) is 13.7. The van der Waals surface area contributed by atoms with E-state index in [0.717, 1.165) is 22.3 Å². The quantitative estimate of drug-likeness (QED) is 0.614. The molecule has 0 aliphatic carbocycles. The lowest BCUT2D eigenvalue weighted by atomic mass is 9.77. The van der Waals surface area contributed by atoms with Crippen molar-refractivity contribution in [1.82, 2.24) is 0 Å². The van der Waals surface area contributed by atoms with Crippen molar-refractivity contribution < 1.29 is 9.59 Å². The Bertz CT molecular complexity index is 771. The summed E-state index contributed by atoms with van der Waals surface area (Å²) in [7, 11) is 0. The molecule has 2 aromatic carbocycles. The summed E-state index contributed by atoms with van der Waals surface area (Å²) in [5, 5.41) is 0. The van der Waals surface area contributed by atoms with Crippen molar-refractivity contribution in [1.29, 1.82) is 0 Å². The zero-order valence-electron chi connectivity index (χ0n) is 13.7. The van der Waals surface area contributed by atoms with Crippen LogP contribution >= 0.6 is 0 Å². The first-order chi connectivity index (χ1) is 10.9. The van der Waals surface area contributed by atoms with E-state index in [4.69, 9.17) is 0 Å². The summed E-state index contributed by atoms with van der Waals surface area (Å²) in [4.78, 5) is 28.2. The first kappa shape index (κ1) is 16.6. The van der Waals surface area contributed by atoms with E-state index in [9.17, 15) is 9.59 Å². The molecule has 0 unspecified atom stereocenters. The van der Waals surface area contributed by atoms with Crippen molar-refractivity contribution in [3.8, 4) is 0 Å². The van der Waals surface area contributed by atoms with Gasteiger partial charge < -0.3 is 0 Å². The van der Waals surface area contributed by atoms with Crippen LogP contribution in [-0.4, -0.2) is 12.2 Å². The normalized spacial score (nSPS) is 10.6. The highest BCUT2D eigenvalue weighted by Gasteiger charge is 2.24. The van der Waals surface area contributed by atoms with Crippen LogP contribution in [0.1, 0.15) is 36.1 Å². The molecule has 0 saturated heterocycles. The first-order valence-corrected chi connectivity index (χ1v) is 7.28. The molecule has 0 aromatic heterocycles.